The van der Waals surface area contributed by atoms with Crippen LogP contribution in [0, 0.1) is 22.6 Å². The number of hydrogen-bond donors (Lipinski definition) is 3. The molecule has 5 rings (SSSR count). The molecule has 0 spiro atoms. The average Bonchev–Trinajstić information content (AvgIpc) is 2.44. The number of carboxylic acids is 1. The van der Waals surface area contributed by atoms with Crippen LogP contribution in [0.1, 0.15) is 62.7 Å². The molecule has 0 aromatic heterocycles. The van der Waals surface area contributed by atoms with E-state index in [-0.39, 0.29) is 27.6 Å². The number of aromatic carboxylic acids is 1. The molecule has 0 heterocycles. The Morgan fingerprint density at radius 2 is 1.77 bits per heavy atom. The lowest BCUT2D eigenvalue weighted by molar-refractivity contribution is -0.113. The number of carboxylic acid groups (broad SMARTS) is 1. The largest absolute Gasteiger partial charge is 0.478 e. The number of amides is 2. The third-order valence-electron chi connectivity index (χ3n) is 6.47. The van der Waals surface area contributed by atoms with Gasteiger partial charge in [-0.2, -0.15) is 0 Å². The van der Waals surface area contributed by atoms with Crippen LogP contribution in [0.3, 0.4) is 0 Å². The van der Waals surface area contributed by atoms with Crippen molar-refractivity contribution in [2.75, 3.05) is 5.32 Å². The van der Waals surface area contributed by atoms with Crippen LogP contribution in [-0.4, -0.2) is 22.6 Å². The molecule has 140 valence electrons. The van der Waals surface area contributed by atoms with Crippen molar-refractivity contribution < 1.29 is 19.1 Å². The summed E-state index contributed by atoms with van der Waals surface area (Å²) in [5, 5.41) is 14.6. The van der Waals surface area contributed by atoms with Crippen LogP contribution in [0.4, 0.5) is 14.9 Å². The van der Waals surface area contributed by atoms with Crippen LogP contribution >= 0.6 is 0 Å². The van der Waals surface area contributed by atoms with E-state index >= 15 is 0 Å². The lowest BCUT2D eigenvalue weighted by Gasteiger charge is -2.65. The molecule has 26 heavy (non-hydrogen) atoms. The molecule has 2 amide bonds. The second-order valence-corrected chi connectivity index (χ2v) is 9.49. The van der Waals surface area contributed by atoms with Crippen molar-refractivity contribution in [3.8, 4) is 0 Å². The van der Waals surface area contributed by atoms with Gasteiger partial charge in [0, 0.05) is 5.54 Å². The van der Waals surface area contributed by atoms with Crippen molar-refractivity contribution in [2.24, 2.45) is 16.7 Å². The molecule has 0 radical (unpaired) electrons. The van der Waals surface area contributed by atoms with Gasteiger partial charge in [0.15, 0.2) is 0 Å². The topological polar surface area (TPSA) is 78.4 Å². The van der Waals surface area contributed by atoms with E-state index in [0.29, 0.717) is 5.92 Å². The van der Waals surface area contributed by atoms with Crippen molar-refractivity contribution in [2.45, 2.75) is 57.9 Å². The molecule has 1 aromatic carbocycles. The summed E-state index contributed by atoms with van der Waals surface area (Å²) in [5.74, 6) is -1.30. The molecule has 4 saturated carbocycles. The van der Waals surface area contributed by atoms with Gasteiger partial charge in [0.2, 0.25) is 0 Å². The van der Waals surface area contributed by atoms with E-state index in [1.165, 1.54) is 31.4 Å². The number of anilines is 1. The fourth-order valence-electron chi connectivity index (χ4n) is 6.73. The predicted molar refractivity (Wildman–Crippen MR) is 95.7 cm³/mol. The van der Waals surface area contributed by atoms with Gasteiger partial charge in [-0.15, -0.1) is 0 Å². The lowest BCUT2D eigenvalue weighted by atomic mass is 9.43. The van der Waals surface area contributed by atoms with E-state index in [9.17, 15) is 14.0 Å². The summed E-state index contributed by atoms with van der Waals surface area (Å²) in [7, 11) is 0. The van der Waals surface area contributed by atoms with E-state index in [2.05, 4.69) is 24.5 Å². The number of halogens is 1. The Bertz CT molecular complexity index is 775. The quantitative estimate of drug-likeness (QED) is 0.748. The number of hydrogen-bond acceptors (Lipinski definition) is 2. The first kappa shape index (κ1) is 17.3. The van der Waals surface area contributed by atoms with Crippen LogP contribution in [0.15, 0.2) is 18.2 Å². The standard InChI is InChI=1S/C20H25FN2O3/c1-18-6-12-7-19(2,9-18)11-20(8-12,10-18)23-17(26)22-15-4-3-13(16(24)25)5-14(15)21/h3-5,12H,6-11H2,1-2H3,(H,24,25)(H2,22,23,26). The Morgan fingerprint density at radius 1 is 1.12 bits per heavy atom. The van der Waals surface area contributed by atoms with Gasteiger partial charge in [-0.3, -0.25) is 0 Å². The van der Waals surface area contributed by atoms with Crippen molar-refractivity contribution >= 4 is 17.7 Å². The van der Waals surface area contributed by atoms with E-state index in [4.69, 9.17) is 5.11 Å². The molecule has 4 aliphatic carbocycles. The molecule has 4 aliphatic rings. The summed E-state index contributed by atoms with van der Waals surface area (Å²) in [5.41, 5.74) is 0.181. The molecule has 2 unspecified atom stereocenters. The zero-order valence-corrected chi connectivity index (χ0v) is 15.2. The van der Waals surface area contributed by atoms with Crippen LogP contribution in [0.5, 0.6) is 0 Å². The van der Waals surface area contributed by atoms with Crippen molar-refractivity contribution in [3.63, 3.8) is 0 Å². The Kier molecular flexibility index (Phi) is 3.62. The van der Waals surface area contributed by atoms with Crippen LogP contribution < -0.4 is 10.6 Å². The van der Waals surface area contributed by atoms with Crippen LogP contribution in [0.2, 0.25) is 0 Å². The fraction of sp³-hybridized carbons (Fsp3) is 0.600. The fourth-order valence-corrected chi connectivity index (χ4v) is 6.73. The highest BCUT2D eigenvalue weighted by Crippen LogP contribution is 2.66. The van der Waals surface area contributed by atoms with Crippen LogP contribution in [-0.2, 0) is 0 Å². The summed E-state index contributed by atoms with van der Waals surface area (Å²) in [6.07, 6.45) is 6.62. The molecule has 0 aliphatic heterocycles. The maximum atomic E-state index is 14.1. The summed E-state index contributed by atoms with van der Waals surface area (Å²) >= 11 is 0. The van der Waals surface area contributed by atoms with E-state index in [1.54, 1.807) is 0 Å². The summed E-state index contributed by atoms with van der Waals surface area (Å²) in [4.78, 5) is 23.5. The third-order valence-corrected chi connectivity index (χ3v) is 6.47. The minimum absolute atomic E-state index is 0.00495. The SMILES string of the molecule is CC12CC3CC(C)(C1)CC(NC(=O)Nc1ccc(C(=O)O)cc1F)(C3)C2. The van der Waals surface area contributed by atoms with Crippen molar-refractivity contribution in [1.29, 1.82) is 0 Å². The predicted octanol–water partition coefficient (Wildman–Crippen LogP) is 4.39. The van der Waals surface area contributed by atoms with Crippen LogP contribution in [0.25, 0.3) is 0 Å². The maximum absolute atomic E-state index is 14.1. The third kappa shape index (κ3) is 2.95. The van der Waals surface area contributed by atoms with Gasteiger partial charge in [0.25, 0.3) is 0 Å². The van der Waals surface area contributed by atoms with E-state index < -0.39 is 17.8 Å². The first-order valence-corrected chi connectivity index (χ1v) is 9.22. The second-order valence-electron chi connectivity index (χ2n) is 9.49. The first-order chi connectivity index (χ1) is 12.1. The van der Waals surface area contributed by atoms with E-state index in [0.717, 1.165) is 25.3 Å². The number of nitrogens with one attached hydrogen (secondary N) is 2. The van der Waals surface area contributed by atoms with E-state index in [1.807, 2.05) is 0 Å². The molecule has 3 N–H and O–H groups in total. The van der Waals surface area contributed by atoms with Crippen molar-refractivity contribution in [3.05, 3.63) is 29.6 Å². The molecule has 4 fully saturated rings. The zero-order chi connectivity index (χ0) is 18.7. The normalized spacial score (nSPS) is 37.4. The molecular formula is C20H25FN2O3. The molecular weight excluding hydrogens is 335 g/mol. The highest BCUT2D eigenvalue weighted by molar-refractivity contribution is 5.92. The summed E-state index contributed by atoms with van der Waals surface area (Å²) in [6, 6.07) is 3.08. The number of benzene rings is 1. The molecule has 0 saturated heterocycles. The minimum Gasteiger partial charge on any atom is -0.478 e. The Morgan fingerprint density at radius 3 is 2.31 bits per heavy atom. The smallest absolute Gasteiger partial charge is 0.335 e. The number of carbonyl (C=O) groups excluding carboxylic acids is 1. The highest BCUT2D eigenvalue weighted by Gasteiger charge is 2.60. The number of rotatable bonds is 3. The Balaban J connectivity index is 1.50. The first-order valence-electron chi connectivity index (χ1n) is 9.22. The van der Waals surface area contributed by atoms with Gasteiger partial charge in [0.05, 0.1) is 11.3 Å². The number of urea groups is 1. The average molecular weight is 360 g/mol. The zero-order valence-electron chi connectivity index (χ0n) is 15.2. The maximum Gasteiger partial charge on any atom is 0.335 e. The monoisotopic (exact) mass is 360 g/mol. The molecule has 4 bridgehead atoms. The van der Waals surface area contributed by atoms with Gasteiger partial charge < -0.3 is 15.7 Å². The lowest BCUT2D eigenvalue weighted by Crippen LogP contribution is -2.65. The van der Waals surface area contributed by atoms with Gasteiger partial charge in [0.1, 0.15) is 5.82 Å². The molecule has 2 atom stereocenters. The second kappa shape index (κ2) is 5.44. The molecule has 5 nitrogen and oxygen atoms in total. The molecule has 6 heteroatoms. The summed E-state index contributed by atoms with van der Waals surface area (Å²) < 4.78 is 14.1. The van der Waals surface area contributed by atoms with Gasteiger partial charge in [-0.05, 0) is 73.5 Å². The summed E-state index contributed by atoms with van der Waals surface area (Å²) in [6.45, 7) is 4.66. The number of carbonyl (C=O) groups is 2. The highest BCUT2D eigenvalue weighted by atomic mass is 19.1. The van der Waals surface area contributed by atoms with Gasteiger partial charge >= 0.3 is 12.0 Å². The van der Waals surface area contributed by atoms with Gasteiger partial charge in [-0.25, -0.2) is 14.0 Å². The van der Waals surface area contributed by atoms with Gasteiger partial charge in [-0.1, -0.05) is 13.8 Å². The Labute approximate surface area is 152 Å². The Hall–Kier alpha value is -2.11. The minimum atomic E-state index is -1.20. The van der Waals surface area contributed by atoms with Crippen molar-refractivity contribution in [1.82, 2.24) is 5.32 Å². The molecule has 1 aromatic rings.